The van der Waals surface area contributed by atoms with Crippen LogP contribution in [-0.2, 0) is 9.59 Å². The maximum atomic E-state index is 14.9. The first-order chi connectivity index (χ1) is 19.6. The Morgan fingerprint density at radius 2 is 1.54 bits per heavy atom. The Kier molecular flexibility index (Phi) is 7.79. The van der Waals surface area contributed by atoms with Crippen molar-refractivity contribution in [3.05, 3.63) is 72.2 Å². The summed E-state index contributed by atoms with van der Waals surface area (Å²) >= 11 is 0. The Hall–Kier alpha value is -4.65. The predicted octanol–water partition coefficient (Wildman–Crippen LogP) is 4.43. The minimum atomic E-state index is -1.45. The summed E-state index contributed by atoms with van der Waals surface area (Å²) in [4.78, 5) is 46.0. The molecule has 0 bridgehead atoms. The number of nitrogens with zero attached hydrogens (tertiary/aromatic N) is 3. The van der Waals surface area contributed by atoms with Crippen LogP contribution in [0.3, 0.4) is 0 Å². The number of amides is 4. The molecule has 1 saturated heterocycles. The molecule has 2 heterocycles. The topological polar surface area (TPSA) is 116 Å². The number of carbonyl (C=O) groups excluding carboxylic acids is 3. The number of ether oxygens (including phenoxy) is 1. The van der Waals surface area contributed by atoms with Crippen molar-refractivity contribution in [3.63, 3.8) is 0 Å². The molecule has 0 unspecified atom stereocenters. The average molecular weight is 569 g/mol. The number of pyridine rings is 1. The van der Waals surface area contributed by atoms with Gasteiger partial charge in [0, 0.05) is 56.3 Å². The fourth-order valence-electron chi connectivity index (χ4n) is 4.28. The van der Waals surface area contributed by atoms with Crippen LogP contribution in [0.5, 0.6) is 11.5 Å². The number of nitrogens with one attached hydrogen (secondary N) is 3. The van der Waals surface area contributed by atoms with Gasteiger partial charge in [-0.1, -0.05) is 0 Å². The standard InChI is InChI=1S/C28H27F3N6O4/c1-36-10-12-37(13-11-36)27(40)35-24-14-19(6-9-32-24)41-23-16-20(30)22(15-21(23)31)34-26(39)28(7-8-28)25(38)33-18-4-2-17(29)3-5-18/h2-6,9,14-16H,7-8,10-13H2,1H3,(H,33,38)(H,34,39)(H,32,35,40). The van der Waals surface area contributed by atoms with Crippen LogP contribution in [0, 0.1) is 22.9 Å². The number of benzene rings is 2. The van der Waals surface area contributed by atoms with Gasteiger partial charge in [-0.3, -0.25) is 14.9 Å². The molecule has 2 aromatic carbocycles. The fourth-order valence-corrected chi connectivity index (χ4v) is 4.28. The molecule has 2 aliphatic rings. The lowest BCUT2D eigenvalue weighted by Gasteiger charge is -2.32. The van der Waals surface area contributed by atoms with E-state index in [1.807, 2.05) is 7.05 Å². The van der Waals surface area contributed by atoms with Crippen LogP contribution in [0.25, 0.3) is 0 Å². The third kappa shape index (κ3) is 6.40. The molecule has 3 N–H and O–H groups in total. The number of hydrogen-bond acceptors (Lipinski definition) is 6. The highest BCUT2D eigenvalue weighted by molar-refractivity contribution is 6.16. The van der Waals surface area contributed by atoms with Crippen LogP contribution >= 0.6 is 0 Å². The first-order valence-corrected chi connectivity index (χ1v) is 12.9. The van der Waals surface area contributed by atoms with Gasteiger partial charge in [0.1, 0.15) is 22.8 Å². The van der Waals surface area contributed by atoms with E-state index in [9.17, 15) is 27.6 Å². The summed E-state index contributed by atoms with van der Waals surface area (Å²) in [5.41, 5.74) is -1.61. The normalized spacial score (nSPS) is 16.0. The molecule has 3 aromatic rings. The molecule has 13 heteroatoms. The van der Waals surface area contributed by atoms with Crippen molar-refractivity contribution in [2.24, 2.45) is 5.41 Å². The van der Waals surface area contributed by atoms with Gasteiger partial charge in [0.05, 0.1) is 5.69 Å². The number of urea groups is 1. The molecular weight excluding hydrogens is 541 g/mol. The number of halogens is 3. The first-order valence-electron chi connectivity index (χ1n) is 12.9. The number of hydrogen-bond donors (Lipinski definition) is 3. The third-order valence-electron chi connectivity index (χ3n) is 6.98. The Balaban J connectivity index is 1.22. The summed E-state index contributed by atoms with van der Waals surface area (Å²) in [6.45, 7) is 2.61. The highest BCUT2D eigenvalue weighted by Crippen LogP contribution is 2.47. The monoisotopic (exact) mass is 568 g/mol. The number of carbonyl (C=O) groups is 3. The van der Waals surface area contributed by atoms with E-state index < -0.39 is 46.1 Å². The number of rotatable bonds is 7. The molecular formula is C28H27F3N6O4. The largest absolute Gasteiger partial charge is 0.454 e. The lowest BCUT2D eigenvalue weighted by molar-refractivity contribution is -0.131. The highest BCUT2D eigenvalue weighted by atomic mass is 19.1. The number of likely N-dealkylation sites (N-methyl/N-ethyl adjacent to an activating group) is 1. The second-order valence-electron chi connectivity index (χ2n) is 9.96. The number of aromatic nitrogens is 1. The Morgan fingerprint density at radius 3 is 2.22 bits per heavy atom. The van der Waals surface area contributed by atoms with Crippen LogP contribution in [0.2, 0.25) is 0 Å². The van der Waals surface area contributed by atoms with Crippen LogP contribution in [-0.4, -0.2) is 65.9 Å². The summed E-state index contributed by atoms with van der Waals surface area (Å²) in [6.07, 6.45) is 1.78. The smallest absolute Gasteiger partial charge is 0.323 e. The molecule has 2 fully saturated rings. The summed E-state index contributed by atoms with van der Waals surface area (Å²) in [7, 11) is 1.97. The minimum Gasteiger partial charge on any atom is -0.454 e. The predicted molar refractivity (Wildman–Crippen MR) is 144 cm³/mol. The molecule has 0 spiro atoms. The second kappa shape index (κ2) is 11.5. The molecule has 1 aliphatic carbocycles. The zero-order valence-corrected chi connectivity index (χ0v) is 22.0. The third-order valence-corrected chi connectivity index (χ3v) is 6.98. The first kappa shape index (κ1) is 27.9. The van der Waals surface area contributed by atoms with Crippen molar-refractivity contribution < 1.29 is 32.3 Å². The van der Waals surface area contributed by atoms with Crippen molar-refractivity contribution in [3.8, 4) is 11.5 Å². The quantitative estimate of drug-likeness (QED) is 0.364. The maximum Gasteiger partial charge on any atom is 0.323 e. The van der Waals surface area contributed by atoms with E-state index in [0.717, 1.165) is 37.4 Å². The van der Waals surface area contributed by atoms with Gasteiger partial charge >= 0.3 is 6.03 Å². The van der Waals surface area contributed by atoms with Gasteiger partial charge in [-0.25, -0.2) is 22.9 Å². The van der Waals surface area contributed by atoms with Crippen LogP contribution in [0.1, 0.15) is 12.8 Å². The van der Waals surface area contributed by atoms with E-state index in [1.54, 1.807) is 4.90 Å². The molecule has 1 aromatic heterocycles. The summed E-state index contributed by atoms with van der Waals surface area (Å²) in [5.74, 6) is -4.05. The summed E-state index contributed by atoms with van der Waals surface area (Å²) in [5, 5.41) is 7.51. The molecule has 10 nitrogen and oxygen atoms in total. The fraction of sp³-hybridized carbons (Fsp3) is 0.286. The lowest BCUT2D eigenvalue weighted by Crippen LogP contribution is -2.48. The Morgan fingerprint density at radius 1 is 0.854 bits per heavy atom. The van der Waals surface area contributed by atoms with Gasteiger partial charge in [-0.15, -0.1) is 0 Å². The summed E-state index contributed by atoms with van der Waals surface area (Å²) in [6, 6.07) is 9.00. The van der Waals surface area contributed by atoms with Crippen molar-refractivity contribution in [1.29, 1.82) is 0 Å². The second-order valence-corrected chi connectivity index (χ2v) is 9.96. The van der Waals surface area contributed by atoms with E-state index in [0.29, 0.717) is 18.8 Å². The zero-order chi connectivity index (χ0) is 29.1. The zero-order valence-electron chi connectivity index (χ0n) is 22.0. The molecule has 41 heavy (non-hydrogen) atoms. The van der Waals surface area contributed by atoms with Gasteiger partial charge in [0.2, 0.25) is 11.8 Å². The SMILES string of the molecule is CN1CCN(C(=O)Nc2cc(Oc3cc(F)c(NC(=O)C4(C(=O)Nc5ccc(F)cc5)CC4)cc3F)ccn2)CC1. The molecule has 214 valence electrons. The summed E-state index contributed by atoms with van der Waals surface area (Å²) < 4.78 is 48.4. The maximum absolute atomic E-state index is 14.9. The lowest BCUT2D eigenvalue weighted by atomic mass is 10.0. The van der Waals surface area contributed by atoms with Gasteiger partial charge in [-0.2, -0.15) is 0 Å². The van der Waals surface area contributed by atoms with E-state index in [2.05, 4.69) is 25.8 Å². The van der Waals surface area contributed by atoms with Gasteiger partial charge < -0.3 is 25.2 Å². The van der Waals surface area contributed by atoms with Crippen LogP contribution < -0.4 is 20.7 Å². The Bertz CT molecular complexity index is 1470. The van der Waals surface area contributed by atoms with Crippen molar-refractivity contribution in [2.75, 3.05) is 49.2 Å². The van der Waals surface area contributed by atoms with Crippen LogP contribution in [0.4, 0.5) is 35.2 Å². The van der Waals surface area contributed by atoms with Gasteiger partial charge in [0.15, 0.2) is 17.4 Å². The van der Waals surface area contributed by atoms with Gasteiger partial charge in [0.25, 0.3) is 0 Å². The minimum absolute atomic E-state index is 0.0955. The van der Waals surface area contributed by atoms with Crippen molar-refractivity contribution in [1.82, 2.24) is 14.8 Å². The van der Waals surface area contributed by atoms with E-state index in [1.165, 1.54) is 30.5 Å². The number of piperazine rings is 1. The molecule has 5 rings (SSSR count). The molecule has 1 aliphatic heterocycles. The van der Waals surface area contributed by atoms with Crippen molar-refractivity contribution >= 4 is 35.0 Å². The molecule has 0 radical (unpaired) electrons. The Labute approximate surface area is 233 Å². The van der Waals surface area contributed by atoms with E-state index >= 15 is 0 Å². The average Bonchev–Trinajstić information content (AvgIpc) is 3.76. The highest BCUT2D eigenvalue weighted by Gasteiger charge is 2.56. The van der Waals surface area contributed by atoms with Gasteiger partial charge in [-0.05, 0) is 50.2 Å². The molecule has 0 atom stereocenters. The molecule has 4 amide bonds. The number of anilines is 3. The van der Waals surface area contributed by atoms with E-state index in [-0.39, 0.29) is 30.4 Å². The molecule has 1 saturated carbocycles. The van der Waals surface area contributed by atoms with Crippen molar-refractivity contribution in [2.45, 2.75) is 12.8 Å². The van der Waals surface area contributed by atoms with E-state index in [4.69, 9.17) is 4.74 Å². The van der Waals surface area contributed by atoms with Crippen LogP contribution in [0.15, 0.2) is 54.7 Å².